The molecular weight excluding hydrogens is 245 g/mol. The van der Waals surface area contributed by atoms with Gasteiger partial charge in [-0.15, -0.1) is 10.2 Å². The molecule has 1 saturated carbocycles. The smallest absolute Gasteiger partial charge is 0.250 e. The van der Waals surface area contributed by atoms with Crippen LogP contribution in [-0.4, -0.2) is 22.8 Å². The molecule has 1 aliphatic rings. The molecule has 19 heavy (non-hydrogen) atoms. The summed E-state index contributed by atoms with van der Waals surface area (Å²) < 4.78 is 19.2. The molecule has 5 heteroatoms. The monoisotopic (exact) mass is 261 g/mol. The van der Waals surface area contributed by atoms with Crippen LogP contribution < -0.4 is 5.32 Å². The van der Waals surface area contributed by atoms with Gasteiger partial charge < -0.3 is 9.73 Å². The highest BCUT2D eigenvalue weighted by Crippen LogP contribution is 2.23. The van der Waals surface area contributed by atoms with E-state index in [1.54, 1.807) is 12.1 Å². The summed E-state index contributed by atoms with van der Waals surface area (Å²) in [5.41, 5.74) is 1.33. The summed E-state index contributed by atoms with van der Waals surface area (Å²) in [7, 11) is 0. The number of hydrogen-bond acceptors (Lipinski definition) is 4. The lowest BCUT2D eigenvalue weighted by atomic mass is 10.1. The zero-order valence-electron chi connectivity index (χ0n) is 10.8. The van der Waals surface area contributed by atoms with Crippen molar-refractivity contribution in [3.63, 3.8) is 0 Å². The third kappa shape index (κ3) is 2.98. The zero-order chi connectivity index (χ0) is 13.2. The second kappa shape index (κ2) is 5.09. The summed E-state index contributed by atoms with van der Waals surface area (Å²) in [6, 6.07) is 5.52. The molecule has 4 nitrogen and oxygen atoms in total. The van der Waals surface area contributed by atoms with E-state index in [-0.39, 0.29) is 11.7 Å². The molecule has 1 heterocycles. The summed E-state index contributed by atoms with van der Waals surface area (Å²) in [4.78, 5) is 0. The Morgan fingerprint density at radius 3 is 3.00 bits per heavy atom. The Kier molecular flexibility index (Phi) is 3.29. The number of aromatic nitrogens is 2. The number of rotatable bonds is 5. The van der Waals surface area contributed by atoms with E-state index >= 15 is 0 Å². The average Bonchev–Trinajstić information content (AvgIpc) is 3.10. The average molecular weight is 261 g/mol. The first-order valence-electron chi connectivity index (χ1n) is 6.54. The molecular formula is C14H16FN3O. The number of nitrogens with zero attached hydrogens (tertiary/aromatic N) is 2. The summed E-state index contributed by atoms with van der Waals surface area (Å²) >= 11 is 0. The van der Waals surface area contributed by atoms with Crippen LogP contribution >= 0.6 is 0 Å². The van der Waals surface area contributed by atoms with Crippen molar-refractivity contribution in [2.24, 2.45) is 0 Å². The van der Waals surface area contributed by atoms with E-state index in [4.69, 9.17) is 4.42 Å². The lowest BCUT2D eigenvalue weighted by molar-refractivity contribution is 0.490. The summed E-state index contributed by atoms with van der Waals surface area (Å²) in [5, 5.41) is 11.2. The zero-order valence-corrected chi connectivity index (χ0v) is 10.8. The summed E-state index contributed by atoms with van der Waals surface area (Å²) in [6.07, 6.45) is 3.18. The number of hydrogen-bond donors (Lipinski definition) is 1. The lowest BCUT2D eigenvalue weighted by Gasteiger charge is -1.99. The topological polar surface area (TPSA) is 51.0 Å². The Morgan fingerprint density at radius 1 is 1.37 bits per heavy atom. The van der Waals surface area contributed by atoms with E-state index in [0.29, 0.717) is 23.9 Å². The lowest BCUT2D eigenvalue weighted by Crippen LogP contribution is -2.19. The number of aryl methyl sites for hydroxylation is 1. The van der Waals surface area contributed by atoms with Gasteiger partial charge in [0.05, 0.1) is 5.56 Å². The van der Waals surface area contributed by atoms with E-state index in [1.807, 2.05) is 6.92 Å². The van der Waals surface area contributed by atoms with Crippen LogP contribution in [0.1, 0.15) is 24.3 Å². The third-order valence-electron chi connectivity index (χ3n) is 3.17. The van der Waals surface area contributed by atoms with Crippen molar-refractivity contribution in [3.8, 4) is 11.5 Å². The van der Waals surface area contributed by atoms with Crippen molar-refractivity contribution in [1.82, 2.24) is 15.5 Å². The van der Waals surface area contributed by atoms with Gasteiger partial charge in [0, 0.05) is 19.0 Å². The van der Waals surface area contributed by atoms with Gasteiger partial charge in [-0.05, 0) is 31.9 Å². The van der Waals surface area contributed by atoms with Gasteiger partial charge in [0.25, 0.3) is 5.89 Å². The van der Waals surface area contributed by atoms with E-state index < -0.39 is 0 Å². The Morgan fingerprint density at radius 2 is 2.21 bits per heavy atom. The minimum absolute atomic E-state index is 0.252. The molecule has 100 valence electrons. The molecule has 1 N–H and O–H groups in total. The van der Waals surface area contributed by atoms with Gasteiger partial charge in [0.1, 0.15) is 5.82 Å². The van der Waals surface area contributed by atoms with Crippen molar-refractivity contribution in [2.45, 2.75) is 32.2 Å². The highest BCUT2D eigenvalue weighted by atomic mass is 19.1. The van der Waals surface area contributed by atoms with Crippen LogP contribution in [0.3, 0.4) is 0 Å². The van der Waals surface area contributed by atoms with Crippen LogP contribution in [0.4, 0.5) is 4.39 Å². The standard InChI is InChI=1S/C14H16FN3O/c1-9-2-5-12(15)11(8-9)14-18-17-13(19-14)6-7-16-10-3-4-10/h2,5,8,10,16H,3-4,6-7H2,1H3. The van der Waals surface area contributed by atoms with Gasteiger partial charge in [0.15, 0.2) is 0 Å². The predicted molar refractivity (Wildman–Crippen MR) is 69.2 cm³/mol. The van der Waals surface area contributed by atoms with Gasteiger partial charge in [-0.25, -0.2) is 4.39 Å². The Hall–Kier alpha value is -1.75. The first kappa shape index (κ1) is 12.3. The van der Waals surface area contributed by atoms with Crippen molar-refractivity contribution in [2.75, 3.05) is 6.54 Å². The largest absolute Gasteiger partial charge is 0.421 e. The van der Waals surface area contributed by atoms with Gasteiger partial charge in [-0.2, -0.15) is 0 Å². The second-order valence-electron chi connectivity index (χ2n) is 4.96. The molecule has 0 radical (unpaired) electrons. The van der Waals surface area contributed by atoms with Crippen LogP contribution in [0.5, 0.6) is 0 Å². The molecule has 0 atom stereocenters. The Labute approximate surface area is 111 Å². The highest BCUT2D eigenvalue weighted by Gasteiger charge is 2.20. The molecule has 1 aromatic heterocycles. The fourth-order valence-corrected chi connectivity index (χ4v) is 1.94. The van der Waals surface area contributed by atoms with Crippen LogP contribution in [0.15, 0.2) is 22.6 Å². The Balaban J connectivity index is 1.70. The molecule has 2 aromatic rings. The minimum Gasteiger partial charge on any atom is -0.421 e. The van der Waals surface area contributed by atoms with Crippen LogP contribution in [0.2, 0.25) is 0 Å². The first-order chi connectivity index (χ1) is 9.22. The van der Waals surface area contributed by atoms with Crippen molar-refractivity contribution >= 4 is 0 Å². The molecule has 3 rings (SSSR count). The van der Waals surface area contributed by atoms with Gasteiger partial charge >= 0.3 is 0 Å². The molecule has 1 fully saturated rings. The molecule has 1 aliphatic carbocycles. The fourth-order valence-electron chi connectivity index (χ4n) is 1.94. The quantitative estimate of drug-likeness (QED) is 0.898. The highest BCUT2D eigenvalue weighted by molar-refractivity contribution is 5.54. The van der Waals surface area contributed by atoms with Gasteiger partial charge in [0.2, 0.25) is 5.89 Å². The van der Waals surface area contributed by atoms with E-state index in [0.717, 1.165) is 12.1 Å². The number of halogens is 1. The molecule has 0 bridgehead atoms. The molecule has 0 saturated heterocycles. The van der Waals surface area contributed by atoms with E-state index in [1.165, 1.54) is 18.9 Å². The second-order valence-corrected chi connectivity index (χ2v) is 4.96. The Bertz CT molecular complexity index is 578. The van der Waals surface area contributed by atoms with Gasteiger partial charge in [-0.3, -0.25) is 0 Å². The minimum atomic E-state index is -0.336. The molecule has 1 aromatic carbocycles. The normalized spacial score (nSPS) is 14.8. The van der Waals surface area contributed by atoms with Crippen molar-refractivity contribution in [3.05, 3.63) is 35.5 Å². The van der Waals surface area contributed by atoms with E-state index in [2.05, 4.69) is 15.5 Å². The van der Waals surface area contributed by atoms with Crippen LogP contribution in [-0.2, 0) is 6.42 Å². The summed E-state index contributed by atoms with van der Waals surface area (Å²) in [5.74, 6) is 0.462. The number of nitrogens with one attached hydrogen (secondary N) is 1. The van der Waals surface area contributed by atoms with Gasteiger partial charge in [-0.1, -0.05) is 11.6 Å². The molecule has 0 aliphatic heterocycles. The molecule has 0 amide bonds. The molecule has 0 spiro atoms. The maximum atomic E-state index is 13.7. The number of benzene rings is 1. The molecule has 0 unspecified atom stereocenters. The maximum Gasteiger partial charge on any atom is 0.250 e. The predicted octanol–water partition coefficient (Wildman–Crippen LogP) is 2.48. The fraction of sp³-hybridized carbons (Fsp3) is 0.429. The van der Waals surface area contributed by atoms with Crippen molar-refractivity contribution in [1.29, 1.82) is 0 Å². The third-order valence-corrected chi connectivity index (χ3v) is 3.17. The van der Waals surface area contributed by atoms with Crippen LogP contribution in [0.25, 0.3) is 11.5 Å². The van der Waals surface area contributed by atoms with Crippen molar-refractivity contribution < 1.29 is 8.81 Å². The van der Waals surface area contributed by atoms with Crippen LogP contribution in [0, 0.1) is 12.7 Å². The summed E-state index contributed by atoms with van der Waals surface area (Å²) in [6.45, 7) is 2.72. The maximum absolute atomic E-state index is 13.7. The van der Waals surface area contributed by atoms with E-state index in [9.17, 15) is 4.39 Å². The first-order valence-corrected chi connectivity index (χ1v) is 6.54. The SMILES string of the molecule is Cc1ccc(F)c(-c2nnc(CCNC3CC3)o2)c1.